The first-order chi connectivity index (χ1) is 4.13. The standard InChI is InChI=1S/C6H9NO2/c1-6(9)5(8)3-2-4-7-6/h4,9H,2-3H2,1H3. The van der Waals surface area contributed by atoms with Crippen molar-refractivity contribution in [2.24, 2.45) is 4.99 Å². The van der Waals surface area contributed by atoms with E-state index in [0.29, 0.717) is 12.8 Å². The minimum absolute atomic E-state index is 0.190. The molecule has 0 amide bonds. The Labute approximate surface area is 53.4 Å². The topological polar surface area (TPSA) is 49.7 Å². The van der Waals surface area contributed by atoms with Crippen molar-refractivity contribution in [2.75, 3.05) is 0 Å². The van der Waals surface area contributed by atoms with E-state index in [1.807, 2.05) is 0 Å². The van der Waals surface area contributed by atoms with Crippen LogP contribution in [-0.2, 0) is 4.79 Å². The molecule has 1 aliphatic heterocycles. The van der Waals surface area contributed by atoms with Crippen LogP contribution in [-0.4, -0.2) is 22.8 Å². The zero-order chi connectivity index (χ0) is 6.91. The van der Waals surface area contributed by atoms with Gasteiger partial charge in [-0.2, -0.15) is 0 Å². The molecule has 0 radical (unpaired) electrons. The molecule has 1 rings (SSSR count). The molecule has 1 aliphatic rings. The first-order valence-electron chi connectivity index (χ1n) is 2.92. The molecule has 0 saturated carbocycles. The van der Waals surface area contributed by atoms with Gasteiger partial charge in [-0.3, -0.25) is 9.79 Å². The van der Waals surface area contributed by atoms with E-state index < -0.39 is 5.72 Å². The van der Waals surface area contributed by atoms with Gasteiger partial charge in [-0.25, -0.2) is 0 Å². The van der Waals surface area contributed by atoms with Crippen LogP contribution in [0.3, 0.4) is 0 Å². The van der Waals surface area contributed by atoms with Crippen molar-refractivity contribution in [3.8, 4) is 0 Å². The van der Waals surface area contributed by atoms with Gasteiger partial charge in [-0.1, -0.05) is 0 Å². The van der Waals surface area contributed by atoms with Gasteiger partial charge in [0.15, 0.2) is 5.78 Å². The molecule has 3 heteroatoms. The van der Waals surface area contributed by atoms with Crippen molar-refractivity contribution < 1.29 is 9.90 Å². The van der Waals surface area contributed by atoms with Gasteiger partial charge in [0.05, 0.1) is 0 Å². The minimum Gasteiger partial charge on any atom is -0.363 e. The van der Waals surface area contributed by atoms with E-state index in [4.69, 9.17) is 5.11 Å². The SMILES string of the molecule is CC1(O)N=CCCC1=O. The molecular weight excluding hydrogens is 118 g/mol. The zero-order valence-corrected chi connectivity index (χ0v) is 5.29. The van der Waals surface area contributed by atoms with Crippen LogP contribution in [0, 0.1) is 0 Å². The van der Waals surface area contributed by atoms with E-state index in [2.05, 4.69) is 4.99 Å². The Bertz CT molecular complexity index is 160. The molecule has 50 valence electrons. The fourth-order valence-corrected chi connectivity index (χ4v) is 0.747. The lowest BCUT2D eigenvalue weighted by molar-refractivity contribution is -0.135. The Kier molecular flexibility index (Phi) is 1.37. The Morgan fingerprint density at radius 2 is 2.56 bits per heavy atom. The van der Waals surface area contributed by atoms with Crippen LogP contribution >= 0.6 is 0 Å². The van der Waals surface area contributed by atoms with Crippen molar-refractivity contribution in [1.29, 1.82) is 0 Å². The van der Waals surface area contributed by atoms with Crippen molar-refractivity contribution in [1.82, 2.24) is 0 Å². The lowest BCUT2D eigenvalue weighted by Crippen LogP contribution is -2.35. The molecule has 9 heavy (non-hydrogen) atoms. The van der Waals surface area contributed by atoms with Gasteiger partial charge in [0.2, 0.25) is 5.72 Å². The highest BCUT2D eigenvalue weighted by atomic mass is 16.3. The summed E-state index contributed by atoms with van der Waals surface area (Å²) in [7, 11) is 0. The van der Waals surface area contributed by atoms with Crippen molar-refractivity contribution in [3.63, 3.8) is 0 Å². The van der Waals surface area contributed by atoms with E-state index in [-0.39, 0.29) is 5.78 Å². The number of nitrogens with zero attached hydrogens (tertiary/aromatic N) is 1. The lowest BCUT2D eigenvalue weighted by atomic mass is 10.0. The number of carbonyl (C=O) groups is 1. The number of aliphatic imine (C=N–C) groups is 1. The Morgan fingerprint density at radius 1 is 1.89 bits per heavy atom. The molecule has 0 aliphatic carbocycles. The molecule has 0 aromatic heterocycles. The summed E-state index contributed by atoms with van der Waals surface area (Å²) >= 11 is 0. The molecule has 0 bridgehead atoms. The smallest absolute Gasteiger partial charge is 0.212 e. The first-order valence-corrected chi connectivity index (χ1v) is 2.92. The van der Waals surface area contributed by atoms with Crippen molar-refractivity contribution in [2.45, 2.75) is 25.5 Å². The second-order valence-electron chi connectivity index (χ2n) is 2.29. The number of hydrogen-bond acceptors (Lipinski definition) is 3. The molecule has 0 aromatic carbocycles. The lowest BCUT2D eigenvalue weighted by Gasteiger charge is -2.19. The van der Waals surface area contributed by atoms with E-state index >= 15 is 0 Å². The second kappa shape index (κ2) is 1.92. The molecule has 0 spiro atoms. The number of ketones is 1. The highest BCUT2D eigenvalue weighted by Gasteiger charge is 2.29. The number of aliphatic hydroxyl groups is 1. The molecule has 1 heterocycles. The Balaban J connectivity index is 2.81. The van der Waals surface area contributed by atoms with E-state index in [0.717, 1.165) is 0 Å². The monoisotopic (exact) mass is 127 g/mol. The largest absolute Gasteiger partial charge is 0.363 e. The van der Waals surface area contributed by atoms with Gasteiger partial charge in [0, 0.05) is 12.6 Å². The summed E-state index contributed by atoms with van der Waals surface area (Å²) in [5.41, 5.74) is -1.43. The predicted octanol–water partition coefficient (Wildman–Crippen LogP) is 0.129. The maximum Gasteiger partial charge on any atom is 0.212 e. The molecule has 0 saturated heterocycles. The highest BCUT2D eigenvalue weighted by molar-refractivity contribution is 5.91. The minimum atomic E-state index is -1.43. The summed E-state index contributed by atoms with van der Waals surface area (Å²) in [4.78, 5) is 14.4. The summed E-state index contributed by atoms with van der Waals surface area (Å²) in [5, 5.41) is 9.10. The molecule has 1 N–H and O–H groups in total. The maximum absolute atomic E-state index is 10.8. The Morgan fingerprint density at radius 3 is 2.89 bits per heavy atom. The number of rotatable bonds is 0. The van der Waals surface area contributed by atoms with Crippen LogP contribution in [0.4, 0.5) is 0 Å². The fourth-order valence-electron chi connectivity index (χ4n) is 0.747. The molecule has 3 nitrogen and oxygen atoms in total. The second-order valence-corrected chi connectivity index (χ2v) is 2.29. The van der Waals surface area contributed by atoms with Crippen LogP contribution < -0.4 is 0 Å². The van der Waals surface area contributed by atoms with E-state index in [1.165, 1.54) is 6.92 Å². The zero-order valence-electron chi connectivity index (χ0n) is 5.29. The van der Waals surface area contributed by atoms with Crippen LogP contribution in [0.25, 0.3) is 0 Å². The quantitative estimate of drug-likeness (QED) is 0.502. The highest BCUT2D eigenvalue weighted by Crippen LogP contribution is 2.14. The normalized spacial score (nSPS) is 35.1. The van der Waals surface area contributed by atoms with Gasteiger partial charge in [0.25, 0.3) is 0 Å². The van der Waals surface area contributed by atoms with Gasteiger partial charge in [-0.15, -0.1) is 0 Å². The third kappa shape index (κ3) is 1.16. The van der Waals surface area contributed by atoms with Crippen LogP contribution in [0.1, 0.15) is 19.8 Å². The number of hydrogen-bond donors (Lipinski definition) is 1. The summed E-state index contributed by atoms with van der Waals surface area (Å²) in [5.74, 6) is -0.190. The summed E-state index contributed by atoms with van der Waals surface area (Å²) < 4.78 is 0. The van der Waals surface area contributed by atoms with Crippen molar-refractivity contribution in [3.05, 3.63) is 0 Å². The molecule has 1 atom stereocenters. The molecular formula is C6H9NO2. The molecule has 0 aromatic rings. The summed E-state index contributed by atoms with van der Waals surface area (Å²) in [6, 6.07) is 0. The third-order valence-corrected chi connectivity index (χ3v) is 1.37. The van der Waals surface area contributed by atoms with Gasteiger partial charge in [0.1, 0.15) is 0 Å². The average molecular weight is 127 g/mol. The molecule has 0 fully saturated rings. The fraction of sp³-hybridized carbons (Fsp3) is 0.667. The third-order valence-electron chi connectivity index (χ3n) is 1.37. The maximum atomic E-state index is 10.8. The van der Waals surface area contributed by atoms with Crippen LogP contribution in [0.2, 0.25) is 0 Å². The van der Waals surface area contributed by atoms with Gasteiger partial charge in [-0.05, 0) is 13.3 Å². The van der Waals surface area contributed by atoms with Gasteiger partial charge >= 0.3 is 0 Å². The van der Waals surface area contributed by atoms with E-state index in [1.54, 1.807) is 6.21 Å². The Hall–Kier alpha value is -0.700. The molecule has 1 unspecified atom stereocenters. The number of carbonyl (C=O) groups excluding carboxylic acids is 1. The van der Waals surface area contributed by atoms with E-state index in [9.17, 15) is 4.79 Å². The number of Topliss-reactive ketones (excluding diaryl/α,β-unsaturated/α-hetero) is 1. The van der Waals surface area contributed by atoms with Crippen LogP contribution in [0.5, 0.6) is 0 Å². The predicted molar refractivity (Wildman–Crippen MR) is 33.4 cm³/mol. The average Bonchev–Trinajstić information content (AvgIpc) is 1.77. The van der Waals surface area contributed by atoms with Crippen LogP contribution in [0.15, 0.2) is 4.99 Å². The van der Waals surface area contributed by atoms with Gasteiger partial charge < -0.3 is 5.11 Å². The first kappa shape index (κ1) is 6.42. The summed E-state index contributed by atoms with van der Waals surface area (Å²) in [6.07, 6.45) is 2.66. The van der Waals surface area contributed by atoms with Crippen molar-refractivity contribution >= 4 is 12.0 Å². The summed E-state index contributed by atoms with van der Waals surface area (Å²) in [6.45, 7) is 1.41.